The van der Waals surface area contributed by atoms with E-state index in [4.69, 9.17) is 0 Å². The van der Waals surface area contributed by atoms with Gasteiger partial charge in [0.15, 0.2) is 0 Å². The van der Waals surface area contributed by atoms with Crippen LogP contribution in [0.1, 0.15) is 49.4 Å². The maximum Gasteiger partial charge on any atom is 0.252 e. The van der Waals surface area contributed by atoms with Crippen molar-refractivity contribution in [2.24, 2.45) is 5.92 Å². The number of rotatable bonds is 3. The Bertz CT molecular complexity index is 413. The summed E-state index contributed by atoms with van der Waals surface area (Å²) in [5.41, 5.74) is 0.792. The summed E-state index contributed by atoms with van der Waals surface area (Å²) in [7, 11) is 0. The van der Waals surface area contributed by atoms with Gasteiger partial charge in [-0.25, -0.2) is 0 Å². The van der Waals surface area contributed by atoms with Gasteiger partial charge in [-0.1, -0.05) is 31.4 Å². The summed E-state index contributed by atoms with van der Waals surface area (Å²) in [5, 5.41) is 3.16. The van der Waals surface area contributed by atoms with Gasteiger partial charge in [0.05, 0.1) is 5.56 Å². The van der Waals surface area contributed by atoms with Gasteiger partial charge in [-0.15, -0.1) is 0 Å². The second-order valence-corrected chi connectivity index (χ2v) is 6.30. The Morgan fingerprint density at radius 1 is 1.28 bits per heavy atom. The van der Waals surface area contributed by atoms with Crippen LogP contribution in [0.5, 0.6) is 0 Å². The van der Waals surface area contributed by atoms with Crippen molar-refractivity contribution < 1.29 is 4.79 Å². The number of amides is 1. The Labute approximate surface area is 123 Å². The van der Waals surface area contributed by atoms with Gasteiger partial charge in [-0.05, 0) is 60.4 Å². The van der Waals surface area contributed by atoms with E-state index in [1.165, 1.54) is 32.1 Å². The van der Waals surface area contributed by atoms with Crippen LogP contribution in [0.2, 0.25) is 0 Å². The highest BCUT2D eigenvalue weighted by atomic mass is 127. The third-order valence-corrected chi connectivity index (χ3v) is 4.77. The van der Waals surface area contributed by atoms with Crippen molar-refractivity contribution in [2.45, 2.75) is 45.1 Å². The molecule has 2 nitrogen and oxygen atoms in total. The first-order valence-electron chi connectivity index (χ1n) is 6.74. The summed E-state index contributed by atoms with van der Waals surface area (Å²) >= 11 is 2.22. The molecule has 1 aromatic rings. The molecule has 0 aromatic heterocycles. The van der Waals surface area contributed by atoms with E-state index < -0.39 is 0 Å². The molecule has 0 saturated heterocycles. The monoisotopic (exact) mass is 357 g/mol. The molecular formula is C15H20INO. The van der Waals surface area contributed by atoms with Crippen molar-refractivity contribution in [1.82, 2.24) is 5.32 Å². The van der Waals surface area contributed by atoms with Crippen molar-refractivity contribution >= 4 is 28.5 Å². The maximum absolute atomic E-state index is 12.2. The van der Waals surface area contributed by atoms with Crippen LogP contribution in [-0.2, 0) is 0 Å². The lowest BCUT2D eigenvalue weighted by Crippen LogP contribution is -2.39. The summed E-state index contributed by atoms with van der Waals surface area (Å²) in [5.74, 6) is 0.724. The molecule has 98 valence electrons. The molecule has 1 N–H and O–H groups in total. The van der Waals surface area contributed by atoms with Crippen LogP contribution < -0.4 is 5.32 Å². The second kappa shape index (κ2) is 6.55. The van der Waals surface area contributed by atoms with E-state index in [-0.39, 0.29) is 11.9 Å². The first-order valence-corrected chi connectivity index (χ1v) is 7.82. The van der Waals surface area contributed by atoms with Gasteiger partial charge >= 0.3 is 0 Å². The van der Waals surface area contributed by atoms with Gasteiger partial charge < -0.3 is 5.32 Å². The van der Waals surface area contributed by atoms with Crippen LogP contribution in [0, 0.1) is 9.49 Å². The molecule has 2 rings (SSSR count). The summed E-state index contributed by atoms with van der Waals surface area (Å²) in [6, 6.07) is 8.03. The molecule has 3 heteroatoms. The van der Waals surface area contributed by atoms with Crippen LogP contribution in [0.15, 0.2) is 24.3 Å². The predicted molar refractivity (Wildman–Crippen MR) is 82.7 cm³/mol. The number of hydrogen-bond donors (Lipinski definition) is 1. The van der Waals surface area contributed by atoms with E-state index >= 15 is 0 Å². The second-order valence-electron chi connectivity index (χ2n) is 5.14. The zero-order valence-corrected chi connectivity index (χ0v) is 12.9. The van der Waals surface area contributed by atoms with Crippen molar-refractivity contribution in [2.75, 3.05) is 0 Å². The van der Waals surface area contributed by atoms with Crippen molar-refractivity contribution in [3.8, 4) is 0 Å². The summed E-state index contributed by atoms with van der Waals surface area (Å²) < 4.78 is 1.02. The van der Waals surface area contributed by atoms with Gasteiger partial charge in [0, 0.05) is 9.61 Å². The van der Waals surface area contributed by atoms with E-state index in [1.54, 1.807) is 0 Å². The van der Waals surface area contributed by atoms with Gasteiger partial charge in [0.2, 0.25) is 0 Å². The lowest BCUT2D eigenvalue weighted by Gasteiger charge is -2.28. The molecule has 1 aliphatic carbocycles. The third-order valence-electron chi connectivity index (χ3n) is 3.83. The fourth-order valence-corrected chi connectivity index (χ4v) is 3.31. The highest BCUT2D eigenvalue weighted by Gasteiger charge is 2.22. The standard InChI is InChI=1S/C15H20INO/c1-11(12-7-3-2-4-8-12)17-15(18)13-9-5-6-10-14(13)16/h5-6,9-12H,2-4,7-8H2,1H3,(H,17,18)/t11-/m1/s1. The van der Waals surface area contributed by atoms with E-state index in [0.29, 0.717) is 5.92 Å². The fourth-order valence-electron chi connectivity index (χ4n) is 2.68. The molecule has 1 amide bonds. The molecule has 1 saturated carbocycles. The molecule has 0 heterocycles. The first-order chi connectivity index (χ1) is 8.68. The predicted octanol–water partition coefficient (Wildman–Crippen LogP) is 3.99. The number of hydrogen-bond acceptors (Lipinski definition) is 1. The zero-order chi connectivity index (χ0) is 13.0. The maximum atomic E-state index is 12.2. The molecule has 0 radical (unpaired) electrons. The van der Waals surface area contributed by atoms with E-state index in [9.17, 15) is 4.79 Å². The molecule has 1 aliphatic rings. The SMILES string of the molecule is C[C@@H](NC(=O)c1ccccc1I)C1CCCCC1. The average molecular weight is 357 g/mol. The number of carbonyl (C=O) groups is 1. The zero-order valence-electron chi connectivity index (χ0n) is 10.8. The topological polar surface area (TPSA) is 29.1 Å². The minimum Gasteiger partial charge on any atom is -0.349 e. The van der Waals surface area contributed by atoms with Gasteiger partial charge in [-0.2, -0.15) is 0 Å². The van der Waals surface area contributed by atoms with E-state index in [0.717, 1.165) is 9.13 Å². The Morgan fingerprint density at radius 3 is 2.61 bits per heavy atom. The van der Waals surface area contributed by atoms with Crippen LogP contribution in [-0.4, -0.2) is 11.9 Å². The third kappa shape index (κ3) is 3.46. The fraction of sp³-hybridized carbons (Fsp3) is 0.533. The van der Waals surface area contributed by atoms with E-state index in [2.05, 4.69) is 34.8 Å². The van der Waals surface area contributed by atoms with Crippen LogP contribution >= 0.6 is 22.6 Å². The van der Waals surface area contributed by atoms with Crippen molar-refractivity contribution in [3.05, 3.63) is 33.4 Å². The average Bonchev–Trinajstić information content (AvgIpc) is 2.40. The van der Waals surface area contributed by atoms with Gasteiger partial charge in [0.1, 0.15) is 0 Å². The summed E-state index contributed by atoms with van der Waals surface area (Å²) in [6.07, 6.45) is 6.50. The number of nitrogens with one attached hydrogen (secondary N) is 1. The molecule has 1 aromatic carbocycles. The molecule has 0 aliphatic heterocycles. The quantitative estimate of drug-likeness (QED) is 0.815. The molecule has 0 unspecified atom stereocenters. The Balaban J connectivity index is 1.96. The smallest absolute Gasteiger partial charge is 0.252 e. The Hall–Kier alpha value is -0.580. The highest BCUT2D eigenvalue weighted by Crippen LogP contribution is 2.26. The van der Waals surface area contributed by atoms with Crippen molar-refractivity contribution in [1.29, 1.82) is 0 Å². The van der Waals surface area contributed by atoms with Crippen LogP contribution in [0.4, 0.5) is 0 Å². The molecule has 1 fully saturated rings. The van der Waals surface area contributed by atoms with Gasteiger partial charge in [0.25, 0.3) is 5.91 Å². The minimum atomic E-state index is 0.0677. The largest absolute Gasteiger partial charge is 0.349 e. The summed E-state index contributed by atoms with van der Waals surface area (Å²) in [6.45, 7) is 2.14. The normalized spacial score (nSPS) is 18.3. The lowest BCUT2D eigenvalue weighted by atomic mass is 9.84. The van der Waals surface area contributed by atoms with Crippen LogP contribution in [0.3, 0.4) is 0 Å². The van der Waals surface area contributed by atoms with Gasteiger partial charge in [-0.3, -0.25) is 4.79 Å². The Morgan fingerprint density at radius 2 is 1.94 bits per heavy atom. The highest BCUT2D eigenvalue weighted by molar-refractivity contribution is 14.1. The molecular weight excluding hydrogens is 337 g/mol. The molecule has 0 bridgehead atoms. The number of carbonyl (C=O) groups excluding carboxylic acids is 1. The molecule has 1 atom stereocenters. The van der Waals surface area contributed by atoms with Crippen molar-refractivity contribution in [3.63, 3.8) is 0 Å². The molecule has 0 spiro atoms. The van der Waals surface area contributed by atoms with Crippen LogP contribution in [0.25, 0.3) is 0 Å². The minimum absolute atomic E-state index is 0.0677. The Kier molecular flexibility index (Phi) is 5.03. The van der Waals surface area contributed by atoms with E-state index in [1.807, 2.05) is 24.3 Å². The molecule has 18 heavy (non-hydrogen) atoms. The first kappa shape index (κ1) is 13.8. The number of halogens is 1. The number of benzene rings is 1. The lowest BCUT2D eigenvalue weighted by molar-refractivity contribution is 0.0918. The summed E-state index contributed by atoms with van der Waals surface area (Å²) in [4.78, 5) is 12.2.